The average Bonchev–Trinajstić information content (AvgIpc) is 2.73. The summed E-state index contributed by atoms with van der Waals surface area (Å²) in [6, 6.07) is 5.99. The smallest absolute Gasteiger partial charge is 0.399 e. The molecule has 2 aliphatic rings. The summed E-state index contributed by atoms with van der Waals surface area (Å²) in [4.78, 5) is 12.4. The summed E-state index contributed by atoms with van der Waals surface area (Å²) >= 11 is 0. The molecule has 4 heteroatoms. The fraction of sp³-hybridized carbons (Fsp3) is 0.500. The van der Waals surface area contributed by atoms with Crippen LogP contribution in [0.1, 0.15) is 52.7 Å². The molecule has 1 aliphatic heterocycles. The van der Waals surface area contributed by atoms with Crippen LogP contribution < -0.4 is 5.46 Å². The van der Waals surface area contributed by atoms with E-state index in [0.717, 1.165) is 16.6 Å². The molecule has 0 saturated carbocycles. The number of hydrogen-bond acceptors (Lipinski definition) is 3. The molecule has 0 aromatic heterocycles. The molecule has 0 atom stereocenters. The molecule has 1 saturated heterocycles. The van der Waals surface area contributed by atoms with Crippen LogP contribution in [0.2, 0.25) is 0 Å². The molecule has 1 aromatic rings. The van der Waals surface area contributed by atoms with E-state index in [-0.39, 0.29) is 17.0 Å². The van der Waals surface area contributed by atoms with E-state index in [9.17, 15) is 4.79 Å². The Morgan fingerprint density at radius 2 is 1.55 bits per heavy atom. The van der Waals surface area contributed by atoms with E-state index < -0.39 is 12.5 Å². The van der Waals surface area contributed by atoms with Crippen LogP contribution in [0.25, 0.3) is 5.57 Å². The molecule has 0 spiro atoms. The second kappa shape index (κ2) is 4.33. The Hall–Kier alpha value is -1.39. The van der Waals surface area contributed by atoms with Gasteiger partial charge in [0.25, 0.3) is 0 Å². The Bertz CT molecular complexity index is 670. The van der Waals surface area contributed by atoms with Crippen molar-refractivity contribution in [1.82, 2.24) is 0 Å². The Morgan fingerprint density at radius 3 is 2.09 bits per heavy atom. The molecule has 0 N–H and O–H groups in total. The largest absolute Gasteiger partial charge is 0.494 e. The topological polar surface area (TPSA) is 35.5 Å². The maximum Gasteiger partial charge on any atom is 0.494 e. The highest BCUT2D eigenvalue weighted by molar-refractivity contribution is 6.62. The van der Waals surface area contributed by atoms with Crippen LogP contribution in [-0.4, -0.2) is 24.1 Å². The maximum atomic E-state index is 12.4. The summed E-state index contributed by atoms with van der Waals surface area (Å²) in [5.74, 6) is 0.0913. The van der Waals surface area contributed by atoms with Crippen molar-refractivity contribution in [3.8, 4) is 0 Å². The number of Topliss-reactive ketones (excluding diaryl/α,β-unsaturated/α-hetero) is 1. The number of benzene rings is 1. The Labute approximate surface area is 132 Å². The normalized spacial score (nSPS) is 24.7. The van der Waals surface area contributed by atoms with E-state index in [0.29, 0.717) is 5.57 Å². The van der Waals surface area contributed by atoms with Crippen molar-refractivity contribution in [3.63, 3.8) is 0 Å². The predicted octanol–water partition coefficient (Wildman–Crippen LogP) is 2.86. The molecule has 1 fully saturated rings. The molecule has 116 valence electrons. The maximum absolute atomic E-state index is 12.4. The van der Waals surface area contributed by atoms with Crippen LogP contribution in [-0.2, 0) is 19.5 Å². The zero-order valence-corrected chi connectivity index (χ0v) is 14.2. The molecule has 1 aliphatic carbocycles. The third kappa shape index (κ3) is 1.94. The molecule has 22 heavy (non-hydrogen) atoms. The standard InChI is InChI=1S/C18H23BO3/c1-11-13-10-12(8-9-14(13)16(2,3)15(11)20)19-21-17(4,5)18(6,7)22-19/h8-10H,1H2,2-7H3. The Kier molecular flexibility index (Phi) is 3.05. The SMILES string of the molecule is C=C1C(=O)C(C)(C)c2ccc(B3OC(C)(C)C(C)(C)O3)cc21. The van der Waals surface area contributed by atoms with Gasteiger partial charge in [-0.25, -0.2) is 0 Å². The molecule has 0 amide bonds. The van der Waals surface area contributed by atoms with Gasteiger partial charge in [0.15, 0.2) is 5.78 Å². The minimum atomic E-state index is -0.499. The van der Waals surface area contributed by atoms with Gasteiger partial charge in [-0.1, -0.05) is 24.8 Å². The zero-order chi connectivity index (χ0) is 16.5. The van der Waals surface area contributed by atoms with Gasteiger partial charge in [0.05, 0.1) is 16.6 Å². The van der Waals surface area contributed by atoms with E-state index in [1.807, 2.05) is 59.7 Å². The van der Waals surface area contributed by atoms with Crippen LogP contribution in [0.15, 0.2) is 24.8 Å². The lowest BCUT2D eigenvalue weighted by atomic mass is 9.76. The highest BCUT2D eigenvalue weighted by Crippen LogP contribution is 2.42. The van der Waals surface area contributed by atoms with Crippen LogP contribution in [0, 0.1) is 0 Å². The van der Waals surface area contributed by atoms with Crippen molar-refractivity contribution in [3.05, 3.63) is 35.9 Å². The fourth-order valence-corrected chi connectivity index (χ4v) is 3.10. The molecule has 0 unspecified atom stereocenters. The fourth-order valence-electron chi connectivity index (χ4n) is 3.10. The van der Waals surface area contributed by atoms with Gasteiger partial charge in [-0.05, 0) is 58.1 Å². The summed E-state index contributed by atoms with van der Waals surface area (Å²) < 4.78 is 12.2. The lowest BCUT2D eigenvalue weighted by molar-refractivity contribution is -0.117. The average molecular weight is 298 g/mol. The summed E-state index contributed by atoms with van der Waals surface area (Å²) in [5.41, 5.74) is 2.22. The minimum absolute atomic E-state index is 0.0913. The monoisotopic (exact) mass is 298 g/mol. The van der Waals surface area contributed by atoms with Crippen molar-refractivity contribution in [2.75, 3.05) is 0 Å². The highest BCUT2D eigenvalue weighted by atomic mass is 16.7. The van der Waals surface area contributed by atoms with Gasteiger partial charge in [-0.15, -0.1) is 0 Å². The number of carbonyl (C=O) groups excluding carboxylic acids is 1. The third-order valence-electron chi connectivity index (χ3n) is 5.41. The number of allylic oxidation sites excluding steroid dienone is 1. The molecular weight excluding hydrogens is 275 g/mol. The number of rotatable bonds is 1. The van der Waals surface area contributed by atoms with Crippen LogP contribution in [0.3, 0.4) is 0 Å². The summed E-state index contributed by atoms with van der Waals surface area (Å²) in [7, 11) is -0.415. The van der Waals surface area contributed by atoms with Crippen molar-refractivity contribution in [2.45, 2.75) is 58.2 Å². The van der Waals surface area contributed by atoms with Crippen molar-refractivity contribution in [1.29, 1.82) is 0 Å². The number of hydrogen-bond donors (Lipinski definition) is 0. The van der Waals surface area contributed by atoms with Gasteiger partial charge in [0, 0.05) is 5.57 Å². The summed E-state index contributed by atoms with van der Waals surface area (Å²) in [6.07, 6.45) is 0. The quantitative estimate of drug-likeness (QED) is 0.591. The van der Waals surface area contributed by atoms with Gasteiger partial charge in [0.1, 0.15) is 0 Å². The molecule has 0 bridgehead atoms. The van der Waals surface area contributed by atoms with Gasteiger partial charge < -0.3 is 9.31 Å². The van der Waals surface area contributed by atoms with Crippen molar-refractivity contribution in [2.24, 2.45) is 0 Å². The molecule has 3 rings (SSSR count). The molecule has 3 nitrogen and oxygen atoms in total. The first-order valence-corrected chi connectivity index (χ1v) is 7.71. The highest BCUT2D eigenvalue weighted by Gasteiger charge is 2.52. The number of ketones is 1. The van der Waals surface area contributed by atoms with E-state index in [1.54, 1.807) is 0 Å². The first-order chi connectivity index (χ1) is 9.97. The Balaban J connectivity index is 2.01. The molecule has 0 radical (unpaired) electrons. The van der Waals surface area contributed by atoms with Crippen LogP contribution in [0.4, 0.5) is 0 Å². The second-order valence-electron chi connectivity index (χ2n) is 7.83. The molecule has 1 heterocycles. The van der Waals surface area contributed by atoms with Crippen LogP contribution >= 0.6 is 0 Å². The lowest BCUT2D eigenvalue weighted by Gasteiger charge is -2.32. The summed E-state index contributed by atoms with van der Waals surface area (Å²) in [6.45, 7) is 16.0. The van der Waals surface area contributed by atoms with E-state index in [1.165, 1.54) is 0 Å². The summed E-state index contributed by atoms with van der Waals surface area (Å²) in [5, 5.41) is 0. The van der Waals surface area contributed by atoms with Gasteiger partial charge in [0.2, 0.25) is 0 Å². The van der Waals surface area contributed by atoms with Gasteiger partial charge in [-0.2, -0.15) is 0 Å². The predicted molar refractivity (Wildman–Crippen MR) is 89.2 cm³/mol. The first-order valence-electron chi connectivity index (χ1n) is 7.71. The van der Waals surface area contributed by atoms with Crippen molar-refractivity contribution >= 4 is 23.9 Å². The lowest BCUT2D eigenvalue weighted by Crippen LogP contribution is -2.41. The third-order valence-corrected chi connectivity index (χ3v) is 5.41. The molecule has 1 aromatic carbocycles. The van der Waals surface area contributed by atoms with E-state index in [2.05, 4.69) is 6.58 Å². The first kappa shape index (κ1) is 15.5. The van der Waals surface area contributed by atoms with E-state index in [4.69, 9.17) is 9.31 Å². The van der Waals surface area contributed by atoms with E-state index >= 15 is 0 Å². The van der Waals surface area contributed by atoms with Crippen LogP contribution in [0.5, 0.6) is 0 Å². The minimum Gasteiger partial charge on any atom is -0.399 e. The zero-order valence-electron chi connectivity index (χ0n) is 14.2. The van der Waals surface area contributed by atoms with Crippen molar-refractivity contribution < 1.29 is 14.1 Å². The van der Waals surface area contributed by atoms with Gasteiger partial charge in [-0.3, -0.25) is 4.79 Å². The number of fused-ring (bicyclic) bond motifs is 1. The Morgan fingerprint density at radius 1 is 1.00 bits per heavy atom. The number of carbonyl (C=O) groups is 1. The second-order valence-corrected chi connectivity index (χ2v) is 7.83. The van der Waals surface area contributed by atoms with Gasteiger partial charge >= 0.3 is 7.12 Å². The molecular formula is C18H23BO3.